The number of phenols is 1. The van der Waals surface area contributed by atoms with E-state index in [1.807, 2.05) is 25.3 Å². The number of hydrogen-bond acceptors (Lipinski definition) is 5. The molecule has 0 aliphatic heterocycles. The van der Waals surface area contributed by atoms with Gasteiger partial charge in [0, 0.05) is 16.5 Å². The maximum Gasteiger partial charge on any atom is 0.258 e. The molecular weight excluding hydrogens is 260 g/mol. The Morgan fingerprint density at radius 3 is 2.68 bits per heavy atom. The van der Waals surface area contributed by atoms with Crippen LogP contribution in [0.25, 0.3) is 22.8 Å². The summed E-state index contributed by atoms with van der Waals surface area (Å²) in [6, 6.07) is 5.22. The number of nitrogens with zero attached hydrogens (tertiary/aromatic N) is 2. The molecule has 3 aromatic rings. The van der Waals surface area contributed by atoms with Crippen molar-refractivity contribution < 1.29 is 9.63 Å². The molecule has 0 spiro atoms. The van der Waals surface area contributed by atoms with Gasteiger partial charge in [-0.05, 0) is 48.6 Å². The van der Waals surface area contributed by atoms with Gasteiger partial charge in [-0.25, -0.2) is 0 Å². The molecule has 0 atom stereocenters. The van der Waals surface area contributed by atoms with E-state index in [-0.39, 0.29) is 5.75 Å². The number of aromatic nitrogens is 2. The molecule has 1 aromatic carbocycles. The zero-order valence-corrected chi connectivity index (χ0v) is 11.4. The van der Waals surface area contributed by atoms with E-state index in [0.29, 0.717) is 11.7 Å². The molecule has 19 heavy (non-hydrogen) atoms. The van der Waals surface area contributed by atoms with Gasteiger partial charge in [-0.1, -0.05) is 5.16 Å². The molecule has 2 aromatic heterocycles. The minimum Gasteiger partial charge on any atom is -0.508 e. The summed E-state index contributed by atoms with van der Waals surface area (Å²) in [5.41, 5.74) is 3.72. The Balaban J connectivity index is 2.01. The summed E-state index contributed by atoms with van der Waals surface area (Å²) < 4.78 is 5.29. The smallest absolute Gasteiger partial charge is 0.258 e. The van der Waals surface area contributed by atoms with Crippen LogP contribution in [0.5, 0.6) is 5.75 Å². The van der Waals surface area contributed by atoms with Crippen LogP contribution < -0.4 is 0 Å². The molecule has 0 aliphatic rings. The monoisotopic (exact) mass is 272 g/mol. The lowest BCUT2D eigenvalue weighted by atomic mass is 10.1. The first kappa shape index (κ1) is 11.9. The predicted molar refractivity (Wildman–Crippen MR) is 74.2 cm³/mol. The van der Waals surface area contributed by atoms with Gasteiger partial charge in [-0.15, -0.1) is 0 Å². The number of aromatic hydroxyl groups is 1. The molecule has 0 amide bonds. The Kier molecular flexibility index (Phi) is 2.83. The highest BCUT2D eigenvalue weighted by atomic mass is 32.1. The highest BCUT2D eigenvalue weighted by Gasteiger charge is 2.13. The van der Waals surface area contributed by atoms with E-state index < -0.39 is 0 Å². The van der Waals surface area contributed by atoms with Crippen LogP contribution in [0.4, 0.5) is 0 Å². The van der Waals surface area contributed by atoms with Gasteiger partial charge >= 0.3 is 0 Å². The lowest BCUT2D eigenvalue weighted by Gasteiger charge is -1.99. The van der Waals surface area contributed by atoms with Crippen LogP contribution in [0.3, 0.4) is 0 Å². The molecule has 0 saturated carbocycles. The fourth-order valence-corrected chi connectivity index (χ4v) is 2.65. The minimum atomic E-state index is 0.261. The Bertz CT molecular complexity index is 731. The quantitative estimate of drug-likeness (QED) is 0.771. The molecule has 5 heteroatoms. The van der Waals surface area contributed by atoms with E-state index in [1.165, 1.54) is 0 Å². The average Bonchev–Trinajstić information content (AvgIpc) is 3.01. The third kappa shape index (κ3) is 2.13. The van der Waals surface area contributed by atoms with Crippen molar-refractivity contribution in [2.45, 2.75) is 13.8 Å². The first-order valence-electron chi connectivity index (χ1n) is 5.82. The van der Waals surface area contributed by atoms with Crippen molar-refractivity contribution in [3.05, 3.63) is 40.1 Å². The van der Waals surface area contributed by atoms with E-state index in [9.17, 15) is 5.11 Å². The van der Waals surface area contributed by atoms with Crippen molar-refractivity contribution in [3.63, 3.8) is 0 Å². The second-order valence-corrected chi connectivity index (χ2v) is 5.14. The molecule has 0 unspecified atom stereocenters. The van der Waals surface area contributed by atoms with Gasteiger partial charge in [0.15, 0.2) is 0 Å². The van der Waals surface area contributed by atoms with Crippen molar-refractivity contribution in [1.82, 2.24) is 10.1 Å². The lowest BCUT2D eigenvalue weighted by molar-refractivity contribution is 0.432. The summed E-state index contributed by atoms with van der Waals surface area (Å²) in [6.45, 7) is 3.85. The molecule has 0 saturated heterocycles. The molecule has 4 nitrogen and oxygen atoms in total. The number of phenolic OH excluding ortho intramolecular Hbond substituents is 1. The number of thiophene rings is 1. The summed E-state index contributed by atoms with van der Waals surface area (Å²) in [6.07, 6.45) is 0. The third-order valence-corrected chi connectivity index (χ3v) is 3.83. The second kappa shape index (κ2) is 4.51. The summed E-state index contributed by atoms with van der Waals surface area (Å²) in [5.74, 6) is 1.32. The minimum absolute atomic E-state index is 0.261. The van der Waals surface area contributed by atoms with E-state index in [1.54, 1.807) is 23.5 Å². The highest BCUT2D eigenvalue weighted by molar-refractivity contribution is 7.08. The highest BCUT2D eigenvalue weighted by Crippen LogP contribution is 2.28. The Labute approximate surface area is 114 Å². The molecule has 0 fully saturated rings. The van der Waals surface area contributed by atoms with Gasteiger partial charge in [0.25, 0.3) is 5.89 Å². The maximum absolute atomic E-state index is 9.52. The SMILES string of the molecule is Cc1cc(-c2nc(-c3cscc3C)no2)ccc1O. The van der Waals surface area contributed by atoms with E-state index in [4.69, 9.17) is 4.52 Å². The van der Waals surface area contributed by atoms with Gasteiger partial charge < -0.3 is 9.63 Å². The van der Waals surface area contributed by atoms with Crippen molar-refractivity contribution in [2.24, 2.45) is 0 Å². The van der Waals surface area contributed by atoms with Crippen LogP contribution >= 0.6 is 11.3 Å². The topological polar surface area (TPSA) is 59.2 Å². The Morgan fingerprint density at radius 1 is 1.16 bits per heavy atom. The fourth-order valence-electron chi connectivity index (χ4n) is 1.83. The van der Waals surface area contributed by atoms with Crippen LogP contribution in [0.15, 0.2) is 33.5 Å². The summed E-state index contributed by atoms with van der Waals surface area (Å²) in [5, 5.41) is 17.6. The standard InChI is InChI=1S/C14H12N2O2S/c1-8-5-10(3-4-12(8)17)14-15-13(16-18-14)11-7-19-6-9(11)2/h3-7,17H,1-2H3. The van der Waals surface area contributed by atoms with E-state index in [2.05, 4.69) is 15.5 Å². The Morgan fingerprint density at radius 2 is 2.00 bits per heavy atom. The average molecular weight is 272 g/mol. The number of aryl methyl sites for hydroxylation is 2. The third-order valence-electron chi connectivity index (χ3n) is 2.97. The zero-order chi connectivity index (χ0) is 13.4. The first-order valence-corrected chi connectivity index (χ1v) is 6.76. The fraction of sp³-hybridized carbons (Fsp3) is 0.143. The van der Waals surface area contributed by atoms with Gasteiger partial charge in [-0.2, -0.15) is 16.3 Å². The second-order valence-electron chi connectivity index (χ2n) is 4.39. The number of benzene rings is 1. The maximum atomic E-state index is 9.52. The largest absolute Gasteiger partial charge is 0.508 e. The Hall–Kier alpha value is -2.14. The molecule has 3 rings (SSSR count). The van der Waals surface area contributed by atoms with Gasteiger partial charge in [0.1, 0.15) is 5.75 Å². The zero-order valence-electron chi connectivity index (χ0n) is 10.5. The first-order chi connectivity index (χ1) is 9.15. The van der Waals surface area contributed by atoms with Gasteiger partial charge in [-0.3, -0.25) is 0 Å². The van der Waals surface area contributed by atoms with E-state index in [0.717, 1.165) is 22.3 Å². The summed E-state index contributed by atoms with van der Waals surface area (Å²) in [4.78, 5) is 4.40. The normalized spacial score (nSPS) is 10.8. The number of hydrogen-bond donors (Lipinski definition) is 1. The molecule has 1 N–H and O–H groups in total. The van der Waals surface area contributed by atoms with Crippen molar-refractivity contribution in [1.29, 1.82) is 0 Å². The van der Waals surface area contributed by atoms with Crippen LogP contribution in [-0.2, 0) is 0 Å². The van der Waals surface area contributed by atoms with Crippen molar-refractivity contribution >= 4 is 11.3 Å². The number of rotatable bonds is 2. The van der Waals surface area contributed by atoms with E-state index >= 15 is 0 Å². The van der Waals surface area contributed by atoms with Crippen molar-refractivity contribution in [3.8, 4) is 28.6 Å². The van der Waals surface area contributed by atoms with Crippen LogP contribution in [-0.4, -0.2) is 15.2 Å². The van der Waals surface area contributed by atoms with Crippen LogP contribution in [0, 0.1) is 13.8 Å². The molecular formula is C14H12N2O2S. The van der Waals surface area contributed by atoms with Gasteiger partial charge in [0.2, 0.25) is 5.82 Å². The molecule has 96 valence electrons. The summed E-state index contributed by atoms with van der Waals surface area (Å²) in [7, 11) is 0. The van der Waals surface area contributed by atoms with Crippen LogP contribution in [0.1, 0.15) is 11.1 Å². The van der Waals surface area contributed by atoms with Gasteiger partial charge in [0.05, 0.1) is 0 Å². The molecule has 0 bridgehead atoms. The summed E-state index contributed by atoms with van der Waals surface area (Å²) >= 11 is 1.62. The van der Waals surface area contributed by atoms with Crippen molar-refractivity contribution in [2.75, 3.05) is 0 Å². The lowest BCUT2D eigenvalue weighted by Crippen LogP contribution is -1.82. The van der Waals surface area contributed by atoms with Crippen LogP contribution in [0.2, 0.25) is 0 Å². The predicted octanol–water partition coefficient (Wildman–Crippen LogP) is 3.79. The molecule has 0 aliphatic carbocycles. The molecule has 2 heterocycles. The molecule has 0 radical (unpaired) electrons.